The Kier molecular flexibility index (Phi) is 16.5. The Hall–Kier alpha value is -5.96. The van der Waals surface area contributed by atoms with Gasteiger partial charge in [-0.1, -0.05) is 49.9 Å². The number of ether oxygens (including phenoxy) is 3. The second-order valence-electron chi connectivity index (χ2n) is 18.6. The number of hydrogen-bond donors (Lipinski definition) is 4. The van der Waals surface area contributed by atoms with Gasteiger partial charge in [-0.3, -0.25) is 43.2 Å². The fraction of sp³-hybridized carbons (Fsp3) is 0.542. The molecule has 4 fully saturated rings. The summed E-state index contributed by atoms with van der Waals surface area (Å²) in [5.74, 6) is -4.07. The van der Waals surface area contributed by atoms with Gasteiger partial charge in [0.15, 0.2) is 5.78 Å². The molecule has 0 aromatic heterocycles. The van der Waals surface area contributed by atoms with E-state index in [-0.39, 0.29) is 41.9 Å². The van der Waals surface area contributed by atoms with Crippen molar-refractivity contribution < 1.29 is 62.2 Å². The molecule has 69 heavy (non-hydrogen) atoms. The Morgan fingerprint density at radius 3 is 1.30 bits per heavy atom. The smallest absolute Gasteiger partial charge is 0.330 e. The van der Waals surface area contributed by atoms with Crippen molar-refractivity contribution in [3.63, 3.8) is 0 Å². The van der Waals surface area contributed by atoms with E-state index in [0.717, 1.165) is 12.8 Å². The predicted octanol–water partition coefficient (Wildman–Crippen LogP) is 3.53. The summed E-state index contributed by atoms with van der Waals surface area (Å²) in [5.41, 5.74) is 0.795. The quantitative estimate of drug-likeness (QED) is 0.0604. The number of methoxy groups -OCH3 is 1. The van der Waals surface area contributed by atoms with E-state index in [1.165, 1.54) is 85.5 Å². The zero-order chi connectivity index (χ0) is 50.5. The lowest BCUT2D eigenvalue weighted by Gasteiger charge is -2.44. The molecule has 4 saturated heterocycles. The number of carbonyl (C=O) groups is 10. The number of carbonyl (C=O) groups excluding carboxylic acids is 10. The summed E-state index contributed by atoms with van der Waals surface area (Å²) in [6.45, 7) is 11.4. The standard InChI is InChI=1S/C48H60N6O13S2/c1-25(55)38-47(4,5)68-44-36(42(62)53(38)44)51-40(60)34(28-17-21-30(22-18-28)66-26(2)56)49-32(58)15-13-11-9-10-12-14-16-33(59)50-35(29-19-23-31(24-20-29)67-27(3)57)41(61)52-37-43(63)54-39(46(64)65-8)48(6,7)69-45(37)54/h17-24,34-39,44-45H,9-16H2,1-8H3,(H,49,58)(H,50,59)(H,51,60)(H,52,61)/t34-,35+,36+,37-,38-,39+,44?,45?/m1/s1. The van der Waals surface area contributed by atoms with Crippen LogP contribution in [0.3, 0.4) is 0 Å². The summed E-state index contributed by atoms with van der Waals surface area (Å²) in [6, 6.07) is 6.57. The third-order valence-electron chi connectivity index (χ3n) is 12.4. The summed E-state index contributed by atoms with van der Waals surface area (Å²) in [6.07, 6.45) is 4.11. The van der Waals surface area contributed by atoms with Crippen LogP contribution in [0, 0.1) is 0 Å². The van der Waals surface area contributed by atoms with Crippen LogP contribution >= 0.6 is 23.5 Å². The molecule has 4 N–H and O–H groups in total. The largest absolute Gasteiger partial charge is 0.467 e. The van der Waals surface area contributed by atoms with Crippen LogP contribution in [0.15, 0.2) is 48.5 Å². The molecule has 6 rings (SSSR count). The lowest BCUT2D eigenvalue weighted by molar-refractivity contribution is -0.163. The molecule has 4 heterocycles. The zero-order valence-corrected chi connectivity index (χ0v) is 41.5. The van der Waals surface area contributed by atoms with Crippen LogP contribution in [0.2, 0.25) is 0 Å². The molecular weight excluding hydrogens is 933 g/mol. The molecule has 0 bridgehead atoms. The van der Waals surface area contributed by atoms with E-state index in [4.69, 9.17) is 14.2 Å². The van der Waals surface area contributed by atoms with Crippen LogP contribution in [0.25, 0.3) is 0 Å². The van der Waals surface area contributed by atoms with Gasteiger partial charge in [-0.25, -0.2) is 4.79 Å². The number of β-lactam (4-membered cyclic amide) rings is 2. The van der Waals surface area contributed by atoms with Crippen molar-refractivity contribution in [3.05, 3.63) is 59.7 Å². The number of benzene rings is 2. The monoisotopic (exact) mass is 992 g/mol. The van der Waals surface area contributed by atoms with Crippen molar-refractivity contribution in [1.29, 1.82) is 0 Å². The first-order valence-corrected chi connectivity index (χ1v) is 24.6. The Labute approximate surface area is 409 Å². The van der Waals surface area contributed by atoms with Crippen molar-refractivity contribution in [3.8, 4) is 11.5 Å². The highest BCUT2D eigenvalue weighted by Crippen LogP contribution is 2.52. The highest BCUT2D eigenvalue weighted by Gasteiger charge is 2.65. The van der Waals surface area contributed by atoms with Crippen LogP contribution in [0.4, 0.5) is 0 Å². The Morgan fingerprint density at radius 2 is 0.942 bits per heavy atom. The van der Waals surface area contributed by atoms with E-state index in [1.807, 2.05) is 27.7 Å². The van der Waals surface area contributed by atoms with E-state index in [1.54, 1.807) is 24.3 Å². The summed E-state index contributed by atoms with van der Waals surface area (Å²) < 4.78 is 14.0. The van der Waals surface area contributed by atoms with Gasteiger partial charge in [0.05, 0.1) is 7.11 Å². The number of thioether (sulfide) groups is 2. The highest BCUT2D eigenvalue weighted by atomic mass is 32.2. The second kappa shape index (κ2) is 21.8. The number of nitrogens with zero attached hydrogens (tertiary/aromatic N) is 2. The van der Waals surface area contributed by atoms with E-state index in [2.05, 4.69) is 21.3 Å². The van der Waals surface area contributed by atoms with E-state index < -0.39 is 98.0 Å². The maximum atomic E-state index is 13.8. The molecule has 4 aliphatic heterocycles. The molecule has 2 unspecified atom stereocenters. The van der Waals surface area contributed by atoms with Crippen LogP contribution in [0.1, 0.15) is 123 Å². The first kappa shape index (κ1) is 52.4. The highest BCUT2D eigenvalue weighted by molar-refractivity contribution is 8.02. The number of nitrogens with one attached hydrogen (secondary N) is 4. The lowest BCUT2D eigenvalue weighted by Crippen LogP contribution is -2.71. The number of Topliss-reactive ketones (excluding diaryl/α,β-unsaturated/α-hetero) is 1. The number of fused-ring (bicyclic) bond motifs is 2. The molecule has 372 valence electrons. The summed E-state index contributed by atoms with van der Waals surface area (Å²) in [4.78, 5) is 132. The van der Waals surface area contributed by atoms with Gasteiger partial charge >= 0.3 is 17.9 Å². The van der Waals surface area contributed by atoms with Crippen molar-refractivity contribution in [2.75, 3.05) is 7.11 Å². The van der Waals surface area contributed by atoms with Gasteiger partial charge in [-0.05, 0) is 82.9 Å². The summed E-state index contributed by atoms with van der Waals surface area (Å²) in [5, 5.41) is 10.2. The summed E-state index contributed by atoms with van der Waals surface area (Å²) >= 11 is 2.81. The molecule has 0 aliphatic carbocycles. The van der Waals surface area contributed by atoms with Crippen molar-refractivity contribution >= 4 is 82.7 Å². The molecule has 2 aromatic carbocycles. The molecule has 0 spiro atoms. The van der Waals surface area contributed by atoms with Crippen LogP contribution in [0.5, 0.6) is 11.5 Å². The van der Waals surface area contributed by atoms with E-state index in [9.17, 15) is 47.9 Å². The molecule has 0 saturated carbocycles. The van der Waals surface area contributed by atoms with Crippen LogP contribution in [-0.4, -0.2) is 120 Å². The molecule has 19 nitrogen and oxygen atoms in total. The Bertz CT molecular complexity index is 2360. The number of rotatable bonds is 21. The number of hydrogen-bond acceptors (Lipinski definition) is 15. The van der Waals surface area contributed by atoms with E-state index in [0.29, 0.717) is 36.8 Å². The minimum absolute atomic E-state index is 0.103. The molecule has 2 aromatic rings. The van der Waals surface area contributed by atoms with Gasteiger partial charge in [0, 0.05) is 36.2 Å². The minimum atomic E-state index is -1.19. The van der Waals surface area contributed by atoms with Gasteiger partial charge < -0.3 is 45.3 Å². The van der Waals surface area contributed by atoms with Crippen molar-refractivity contribution in [2.24, 2.45) is 0 Å². The predicted molar refractivity (Wildman–Crippen MR) is 253 cm³/mol. The Balaban J connectivity index is 0.971. The zero-order valence-electron chi connectivity index (χ0n) is 39.9. The first-order chi connectivity index (χ1) is 32.5. The minimum Gasteiger partial charge on any atom is -0.467 e. The summed E-state index contributed by atoms with van der Waals surface area (Å²) in [7, 11) is 1.25. The Morgan fingerprint density at radius 1 is 0.580 bits per heavy atom. The van der Waals surface area contributed by atoms with Gasteiger partial charge in [-0.2, -0.15) is 0 Å². The SMILES string of the molecule is COC(=O)[C@@H]1N2C(=O)[C@@H](NC(=O)[C@@H](NC(=O)CCCCCCCCC(=O)N[C@@H](C(=O)N[C@H]3C(=O)N4C3SC(C)(C)[C@H]4C(C)=O)c3ccc(OC(C)=O)cc3)c3ccc(OC(C)=O)cc3)C2SC1(C)C. The maximum Gasteiger partial charge on any atom is 0.330 e. The lowest BCUT2D eigenvalue weighted by atomic mass is 9.93. The normalized spacial score (nSPS) is 23.4. The number of ketones is 1. The van der Waals surface area contributed by atoms with Gasteiger partial charge in [0.25, 0.3) is 0 Å². The molecule has 4 aliphatic rings. The van der Waals surface area contributed by atoms with Crippen LogP contribution < -0.4 is 30.7 Å². The molecule has 6 amide bonds. The van der Waals surface area contributed by atoms with E-state index >= 15 is 0 Å². The van der Waals surface area contributed by atoms with Gasteiger partial charge in [0.2, 0.25) is 35.4 Å². The third kappa shape index (κ3) is 11.9. The maximum absolute atomic E-state index is 13.8. The third-order valence-corrected chi connectivity index (χ3v) is 15.6. The fourth-order valence-electron chi connectivity index (χ4n) is 9.26. The second-order valence-corrected chi connectivity index (χ2v) is 22.1. The average Bonchev–Trinajstić information content (AvgIpc) is 3.70. The van der Waals surface area contributed by atoms with Gasteiger partial charge in [-0.15, -0.1) is 23.5 Å². The number of amides is 6. The first-order valence-electron chi connectivity index (χ1n) is 22.9. The van der Waals surface area contributed by atoms with Gasteiger partial charge in [0.1, 0.15) is 58.5 Å². The molecular formula is C48H60N6O13S2. The van der Waals surface area contributed by atoms with Crippen LogP contribution in [-0.2, 0) is 52.7 Å². The number of unbranched alkanes of at least 4 members (excludes halogenated alkanes) is 5. The van der Waals surface area contributed by atoms with Crippen molar-refractivity contribution in [1.82, 2.24) is 31.1 Å². The average molecular weight is 993 g/mol. The molecule has 0 radical (unpaired) electrons. The number of esters is 3. The topological polar surface area (TPSA) is 253 Å². The fourth-order valence-corrected chi connectivity index (χ4v) is 12.6. The van der Waals surface area contributed by atoms with Crippen molar-refractivity contribution in [2.45, 2.75) is 156 Å². The molecule has 21 heteroatoms. The molecule has 8 atom stereocenters.